The summed E-state index contributed by atoms with van der Waals surface area (Å²) < 4.78 is 6.29. The Hall–Kier alpha value is -6.90. The fourth-order valence-electron chi connectivity index (χ4n) is 7.91. The number of furan rings is 1. The molecule has 0 aliphatic rings. The second-order valence-electron chi connectivity index (χ2n) is 13.8. The highest BCUT2D eigenvalue weighted by Crippen LogP contribution is 2.43. The molecule has 2 nitrogen and oxygen atoms in total. The number of para-hydroxylation sites is 1. The molecule has 0 amide bonds. The highest BCUT2D eigenvalue weighted by Gasteiger charge is 2.18. The number of anilines is 3. The van der Waals surface area contributed by atoms with E-state index in [4.69, 9.17) is 4.42 Å². The van der Waals surface area contributed by atoms with Crippen LogP contribution in [-0.2, 0) is 0 Å². The summed E-state index contributed by atoms with van der Waals surface area (Å²) in [6.45, 7) is 2.14. The van der Waals surface area contributed by atoms with Crippen molar-refractivity contribution in [3.8, 4) is 33.6 Å². The molecular formula is C51H35NO. The van der Waals surface area contributed by atoms with Crippen molar-refractivity contribution in [1.29, 1.82) is 0 Å². The van der Waals surface area contributed by atoms with E-state index in [0.717, 1.165) is 44.9 Å². The zero-order valence-corrected chi connectivity index (χ0v) is 29.3. The molecular weight excluding hydrogens is 643 g/mol. The average Bonchev–Trinajstić information content (AvgIpc) is 3.57. The number of aryl methyl sites for hydroxylation is 1. The highest BCUT2D eigenvalue weighted by molar-refractivity contribution is 6.14. The second-order valence-corrected chi connectivity index (χ2v) is 13.8. The van der Waals surface area contributed by atoms with E-state index in [-0.39, 0.29) is 0 Å². The molecule has 9 aromatic carbocycles. The number of hydrogen-bond acceptors (Lipinski definition) is 2. The van der Waals surface area contributed by atoms with Crippen LogP contribution in [0.4, 0.5) is 17.1 Å². The molecule has 2 heteroatoms. The molecule has 0 saturated carbocycles. The smallest absolute Gasteiger partial charge is 0.138 e. The Kier molecular flexibility index (Phi) is 7.40. The van der Waals surface area contributed by atoms with Gasteiger partial charge < -0.3 is 9.32 Å². The molecule has 0 saturated heterocycles. The van der Waals surface area contributed by atoms with Crippen LogP contribution in [0.5, 0.6) is 0 Å². The van der Waals surface area contributed by atoms with Gasteiger partial charge in [0.15, 0.2) is 0 Å². The first kappa shape index (κ1) is 30.9. The van der Waals surface area contributed by atoms with Gasteiger partial charge >= 0.3 is 0 Å². The van der Waals surface area contributed by atoms with E-state index in [9.17, 15) is 0 Å². The van der Waals surface area contributed by atoms with Crippen molar-refractivity contribution in [1.82, 2.24) is 0 Å². The molecule has 10 rings (SSSR count). The summed E-state index contributed by atoms with van der Waals surface area (Å²) in [6, 6.07) is 69.9. The Bertz CT molecular complexity index is 2950. The molecule has 0 radical (unpaired) electrons. The Morgan fingerprint density at radius 1 is 0.358 bits per heavy atom. The molecule has 0 aliphatic carbocycles. The maximum Gasteiger partial charge on any atom is 0.138 e. The average molecular weight is 678 g/mol. The summed E-state index contributed by atoms with van der Waals surface area (Å²) in [5, 5.41) is 8.57. The summed E-state index contributed by atoms with van der Waals surface area (Å²) in [7, 11) is 0. The van der Waals surface area contributed by atoms with E-state index < -0.39 is 0 Å². The number of benzene rings is 9. The van der Waals surface area contributed by atoms with Gasteiger partial charge in [0, 0.05) is 33.3 Å². The van der Waals surface area contributed by atoms with Gasteiger partial charge in [-0.3, -0.25) is 0 Å². The Balaban J connectivity index is 1.02. The largest absolute Gasteiger partial charge is 0.456 e. The number of rotatable bonds is 6. The minimum absolute atomic E-state index is 0.923. The lowest BCUT2D eigenvalue weighted by molar-refractivity contribution is 0.629. The van der Waals surface area contributed by atoms with Gasteiger partial charge in [0.1, 0.15) is 11.3 Å². The summed E-state index contributed by atoms with van der Waals surface area (Å²) in [5.74, 6) is 0.930. The first-order valence-electron chi connectivity index (χ1n) is 18.2. The van der Waals surface area contributed by atoms with Gasteiger partial charge in [-0.25, -0.2) is 0 Å². The molecule has 53 heavy (non-hydrogen) atoms. The van der Waals surface area contributed by atoms with E-state index in [1.165, 1.54) is 54.6 Å². The zero-order chi connectivity index (χ0) is 35.3. The summed E-state index contributed by atoms with van der Waals surface area (Å²) in [5.41, 5.74) is 11.3. The first-order valence-corrected chi connectivity index (χ1v) is 18.2. The van der Waals surface area contributed by atoms with Crippen molar-refractivity contribution in [2.45, 2.75) is 6.92 Å². The Labute approximate surface area is 308 Å². The highest BCUT2D eigenvalue weighted by atomic mass is 16.3. The van der Waals surface area contributed by atoms with E-state index >= 15 is 0 Å². The molecule has 0 aliphatic heterocycles. The summed E-state index contributed by atoms with van der Waals surface area (Å²) >= 11 is 0. The van der Waals surface area contributed by atoms with Crippen molar-refractivity contribution in [2.75, 3.05) is 4.90 Å². The fourth-order valence-corrected chi connectivity index (χ4v) is 7.91. The monoisotopic (exact) mass is 677 g/mol. The van der Waals surface area contributed by atoms with E-state index in [1.54, 1.807) is 0 Å². The molecule has 0 unspecified atom stereocenters. The fraction of sp³-hybridized carbons (Fsp3) is 0.0196. The van der Waals surface area contributed by atoms with Crippen molar-refractivity contribution in [2.24, 2.45) is 0 Å². The van der Waals surface area contributed by atoms with Crippen LogP contribution >= 0.6 is 0 Å². The normalized spacial score (nSPS) is 11.5. The van der Waals surface area contributed by atoms with Gasteiger partial charge in [0.05, 0.1) is 5.69 Å². The number of hydrogen-bond donors (Lipinski definition) is 0. The molecule has 0 N–H and O–H groups in total. The Morgan fingerprint density at radius 3 is 1.68 bits per heavy atom. The number of fused-ring (bicyclic) bond motifs is 5. The van der Waals surface area contributed by atoms with Gasteiger partial charge in [-0.05, 0) is 98.6 Å². The van der Waals surface area contributed by atoms with E-state index in [1.807, 2.05) is 12.1 Å². The predicted octanol–water partition coefficient (Wildman–Crippen LogP) is 14.7. The maximum absolute atomic E-state index is 6.29. The van der Waals surface area contributed by atoms with Gasteiger partial charge in [-0.15, -0.1) is 0 Å². The predicted molar refractivity (Wildman–Crippen MR) is 224 cm³/mol. The molecule has 0 bridgehead atoms. The molecule has 1 aromatic heterocycles. The summed E-state index contributed by atoms with van der Waals surface area (Å²) in [6.07, 6.45) is 0. The minimum atomic E-state index is 0.923. The van der Waals surface area contributed by atoms with Crippen LogP contribution in [0, 0.1) is 6.92 Å². The molecule has 10 aromatic rings. The second kappa shape index (κ2) is 12.7. The molecule has 0 fully saturated rings. The molecule has 250 valence electrons. The molecule has 0 atom stereocenters. The van der Waals surface area contributed by atoms with Gasteiger partial charge in [-0.1, -0.05) is 152 Å². The van der Waals surface area contributed by atoms with Gasteiger partial charge in [0.2, 0.25) is 0 Å². The van der Waals surface area contributed by atoms with Crippen LogP contribution in [0.15, 0.2) is 199 Å². The van der Waals surface area contributed by atoms with Crippen LogP contribution in [0.3, 0.4) is 0 Å². The van der Waals surface area contributed by atoms with Gasteiger partial charge in [0.25, 0.3) is 0 Å². The first-order chi connectivity index (χ1) is 26.2. The lowest BCUT2D eigenvalue weighted by atomic mass is 9.97. The quantitative estimate of drug-likeness (QED) is 0.163. The summed E-state index contributed by atoms with van der Waals surface area (Å²) in [4.78, 5) is 2.41. The molecule has 0 spiro atoms. The lowest BCUT2D eigenvalue weighted by Crippen LogP contribution is -2.10. The van der Waals surface area contributed by atoms with Crippen molar-refractivity contribution in [3.05, 3.63) is 200 Å². The number of nitrogens with zero attached hydrogens (tertiary/aromatic N) is 1. The lowest BCUT2D eigenvalue weighted by Gasteiger charge is -2.28. The van der Waals surface area contributed by atoms with Crippen molar-refractivity contribution < 1.29 is 4.42 Å². The van der Waals surface area contributed by atoms with Crippen LogP contribution in [0.1, 0.15) is 5.56 Å². The van der Waals surface area contributed by atoms with Crippen LogP contribution < -0.4 is 4.90 Å². The van der Waals surface area contributed by atoms with Crippen LogP contribution in [-0.4, -0.2) is 0 Å². The zero-order valence-electron chi connectivity index (χ0n) is 29.3. The van der Waals surface area contributed by atoms with Crippen molar-refractivity contribution >= 4 is 60.3 Å². The van der Waals surface area contributed by atoms with Crippen molar-refractivity contribution in [3.63, 3.8) is 0 Å². The van der Waals surface area contributed by atoms with Crippen LogP contribution in [0.25, 0.3) is 76.9 Å². The van der Waals surface area contributed by atoms with E-state index in [0.29, 0.717) is 0 Å². The maximum atomic E-state index is 6.29. The minimum Gasteiger partial charge on any atom is -0.456 e. The third-order valence-corrected chi connectivity index (χ3v) is 10.6. The Morgan fingerprint density at radius 2 is 0.925 bits per heavy atom. The standard InChI is InChI=1S/C51H35NO/c1-34-45-16-8-9-20-50(45)53-51(34)42-15-10-14-39(31-42)38-23-21-36(22-24-38)37-25-28-43(29-26-37)52(44-30-27-35-11-2-3-12-40(35)32-44)49-33-41-13-4-5-17-46(41)47-18-6-7-19-48(47)49/h2-33H,1H3. The van der Waals surface area contributed by atoms with Crippen LogP contribution in [0.2, 0.25) is 0 Å². The third kappa shape index (κ3) is 5.44. The third-order valence-electron chi connectivity index (χ3n) is 10.6. The van der Waals surface area contributed by atoms with Gasteiger partial charge in [-0.2, -0.15) is 0 Å². The topological polar surface area (TPSA) is 16.4 Å². The molecule has 1 heterocycles. The SMILES string of the molecule is Cc1c(-c2cccc(-c3ccc(-c4ccc(N(c5ccc6ccccc6c5)c5cc6ccccc6c6ccccc56)cc4)cc3)c2)oc2ccccc12. The van der Waals surface area contributed by atoms with E-state index in [2.05, 4.69) is 194 Å².